The molecule has 3 heterocycles. The Hall–Kier alpha value is -4.84. The van der Waals surface area contributed by atoms with Gasteiger partial charge in [0, 0.05) is 18.6 Å². The highest BCUT2D eigenvalue weighted by molar-refractivity contribution is 5.92. The minimum Gasteiger partial charge on any atom is -0.478 e. The monoisotopic (exact) mass is 592 g/mol. The second-order valence-corrected chi connectivity index (χ2v) is 10.3. The molecule has 1 atom stereocenters. The fourth-order valence-electron chi connectivity index (χ4n) is 4.84. The summed E-state index contributed by atoms with van der Waals surface area (Å²) in [4.78, 5) is 23.8. The third kappa shape index (κ3) is 5.78. The van der Waals surface area contributed by atoms with Gasteiger partial charge in [0.2, 0.25) is 5.82 Å². The van der Waals surface area contributed by atoms with Crippen molar-refractivity contribution < 1.29 is 36.9 Å². The largest absolute Gasteiger partial charge is 0.478 e. The number of hydrogen-bond donors (Lipinski definition) is 1. The van der Waals surface area contributed by atoms with Crippen LogP contribution in [0, 0.1) is 30.2 Å². The fraction of sp³-hybridized carbons (Fsp3) is 0.226. The Morgan fingerprint density at radius 1 is 1.00 bits per heavy atom. The maximum Gasteiger partial charge on any atom is 0.335 e. The van der Waals surface area contributed by atoms with E-state index in [1.165, 1.54) is 24.3 Å². The molecule has 1 N–H and O–H groups in total. The molecular formula is C31H24F4N4O4. The number of aryl methyl sites for hydroxylation is 1. The number of imidazole rings is 1. The van der Waals surface area contributed by atoms with E-state index in [0.717, 1.165) is 24.8 Å². The van der Waals surface area contributed by atoms with Gasteiger partial charge in [-0.25, -0.2) is 27.9 Å². The van der Waals surface area contributed by atoms with Crippen molar-refractivity contribution in [1.29, 1.82) is 0 Å². The summed E-state index contributed by atoms with van der Waals surface area (Å²) in [6.45, 7) is 2.36. The summed E-state index contributed by atoms with van der Waals surface area (Å²) < 4.78 is 72.0. The quantitative estimate of drug-likeness (QED) is 0.209. The lowest BCUT2D eigenvalue weighted by Gasteiger charge is -2.27. The number of aromatic carboxylic acids is 1. The number of aromatic nitrogens is 4. The standard InChI is InChI=1S/C31H24F4N4O4/c1-16-2-3-18(22(32)8-16)15-43-30-25(35)13-36-29(38-30)21-12-23(33)19(9-24(21)34)11-28-37-26-5-4-17(31(40)41)10-27(26)39(28)14-20-6-7-42-20/h2-5,8-10,12-13,20H,6-7,11,14-15H2,1H3,(H,40,41)/t20-/m0/s1. The van der Waals surface area contributed by atoms with Gasteiger partial charge in [-0.3, -0.25) is 0 Å². The lowest BCUT2D eigenvalue weighted by atomic mass is 10.1. The van der Waals surface area contributed by atoms with Gasteiger partial charge in [0.1, 0.15) is 29.9 Å². The second-order valence-electron chi connectivity index (χ2n) is 10.3. The first-order valence-electron chi connectivity index (χ1n) is 13.4. The van der Waals surface area contributed by atoms with Crippen molar-refractivity contribution in [1.82, 2.24) is 19.5 Å². The third-order valence-electron chi connectivity index (χ3n) is 7.26. The first-order valence-corrected chi connectivity index (χ1v) is 13.4. The molecule has 0 radical (unpaired) electrons. The maximum atomic E-state index is 15.4. The molecule has 0 unspecified atom stereocenters. The molecule has 0 bridgehead atoms. The molecule has 12 heteroatoms. The van der Waals surface area contributed by atoms with Gasteiger partial charge < -0.3 is 19.1 Å². The fourth-order valence-corrected chi connectivity index (χ4v) is 4.84. The topological polar surface area (TPSA) is 99.4 Å². The molecule has 3 aromatic carbocycles. The Labute approximate surface area is 242 Å². The lowest BCUT2D eigenvalue weighted by Crippen LogP contribution is -2.31. The second kappa shape index (κ2) is 11.4. The molecule has 0 saturated carbocycles. The summed E-state index contributed by atoms with van der Waals surface area (Å²) in [6.07, 6.45) is 1.36. The Morgan fingerprint density at radius 3 is 2.51 bits per heavy atom. The number of fused-ring (bicyclic) bond motifs is 1. The van der Waals surface area contributed by atoms with Crippen LogP contribution in [-0.2, 0) is 24.3 Å². The molecule has 43 heavy (non-hydrogen) atoms. The highest BCUT2D eigenvalue weighted by Crippen LogP contribution is 2.29. The average molecular weight is 593 g/mol. The van der Waals surface area contributed by atoms with Crippen LogP contribution in [0.25, 0.3) is 22.4 Å². The van der Waals surface area contributed by atoms with Crippen LogP contribution >= 0.6 is 0 Å². The Balaban J connectivity index is 1.29. The van der Waals surface area contributed by atoms with E-state index in [1.54, 1.807) is 23.6 Å². The van der Waals surface area contributed by atoms with Crippen LogP contribution in [0.4, 0.5) is 17.6 Å². The van der Waals surface area contributed by atoms with E-state index in [1.807, 2.05) is 0 Å². The minimum atomic E-state index is -1.10. The number of halogens is 4. The lowest BCUT2D eigenvalue weighted by molar-refractivity contribution is -0.0589. The Morgan fingerprint density at radius 2 is 1.79 bits per heavy atom. The van der Waals surface area contributed by atoms with Crippen molar-refractivity contribution >= 4 is 17.0 Å². The van der Waals surface area contributed by atoms with Crippen molar-refractivity contribution in [3.63, 3.8) is 0 Å². The van der Waals surface area contributed by atoms with E-state index in [2.05, 4.69) is 15.0 Å². The molecule has 1 aliphatic rings. The molecule has 5 aromatic rings. The molecule has 6 rings (SSSR count). The maximum absolute atomic E-state index is 15.4. The van der Waals surface area contributed by atoms with Gasteiger partial charge in [-0.1, -0.05) is 12.1 Å². The molecule has 1 aliphatic heterocycles. The van der Waals surface area contributed by atoms with Crippen LogP contribution in [0.1, 0.15) is 39.3 Å². The highest BCUT2D eigenvalue weighted by Gasteiger charge is 2.24. The number of nitrogens with zero attached hydrogens (tertiary/aromatic N) is 4. The zero-order valence-electron chi connectivity index (χ0n) is 22.8. The summed E-state index contributed by atoms with van der Waals surface area (Å²) >= 11 is 0. The number of rotatable bonds is 9. The van der Waals surface area contributed by atoms with Gasteiger partial charge in [0.05, 0.1) is 41.0 Å². The predicted molar refractivity (Wildman–Crippen MR) is 147 cm³/mol. The number of benzene rings is 3. The summed E-state index contributed by atoms with van der Waals surface area (Å²) in [5, 5.41) is 9.44. The molecule has 8 nitrogen and oxygen atoms in total. The van der Waals surface area contributed by atoms with Crippen molar-refractivity contribution in [2.75, 3.05) is 6.61 Å². The van der Waals surface area contributed by atoms with Crippen LogP contribution in [-0.4, -0.2) is 43.3 Å². The summed E-state index contributed by atoms with van der Waals surface area (Å²) in [6, 6.07) is 10.9. The van der Waals surface area contributed by atoms with Gasteiger partial charge in [-0.15, -0.1) is 0 Å². The first kappa shape index (κ1) is 28.3. The average Bonchev–Trinajstić information content (AvgIpc) is 3.28. The number of carboxylic acid groups (broad SMARTS) is 1. The van der Waals surface area contributed by atoms with E-state index in [9.17, 15) is 18.7 Å². The number of hydrogen-bond acceptors (Lipinski definition) is 6. The van der Waals surface area contributed by atoms with Gasteiger partial charge in [-0.2, -0.15) is 9.37 Å². The van der Waals surface area contributed by atoms with Gasteiger partial charge in [0.25, 0.3) is 5.88 Å². The highest BCUT2D eigenvalue weighted by atomic mass is 19.1. The normalized spacial score (nSPS) is 14.6. The van der Waals surface area contributed by atoms with Gasteiger partial charge in [0.15, 0.2) is 5.82 Å². The van der Waals surface area contributed by atoms with Crippen LogP contribution in [0.15, 0.2) is 54.7 Å². The summed E-state index contributed by atoms with van der Waals surface area (Å²) in [5.74, 6) is -4.69. The van der Waals surface area contributed by atoms with Crippen LogP contribution in [0.5, 0.6) is 5.88 Å². The van der Waals surface area contributed by atoms with Crippen molar-refractivity contribution in [2.24, 2.45) is 0 Å². The molecule has 0 aliphatic carbocycles. The minimum absolute atomic E-state index is 0.0146. The van der Waals surface area contributed by atoms with Gasteiger partial charge in [-0.05, 0) is 60.9 Å². The van der Waals surface area contributed by atoms with E-state index in [-0.39, 0.29) is 47.2 Å². The SMILES string of the molecule is Cc1ccc(COc2nc(-c3cc(F)c(Cc4nc5ccc(C(=O)O)cc5n4C[C@@H]4CCO4)cc3F)ncc2F)c(F)c1. The number of ether oxygens (including phenoxy) is 2. The third-order valence-corrected chi connectivity index (χ3v) is 7.26. The van der Waals surface area contributed by atoms with E-state index < -0.39 is 35.1 Å². The van der Waals surface area contributed by atoms with Crippen molar-refractivity contribution in [3.05, 3.63) is 106 Å². The molecule has 1 fully saturated rings. The summed E-state index contributed by atoms with van der Waals surface area (Å²) in [7, 11) is 0. The molecule has 0 spiro atoms. The zero-order chi connectivity index (χ0) is 30.2. The Kier molecular flexibility index (Phi) is 7.53. The van der Waals surface area contributed by atoms with Gasteiger partial charge >= 0.3 is 5.97 Å². The predicted octanol–water partition coefficient (Wildman–Crippen LogP) is 6.02. The smallest absolute Gasteiger partial charge is 0.335 e. The van der Waals surface area contributed by atoms with E-state index >= 15 is 8.78 Å². The number of carbonyl (C=O) groups is 1. The Bertz CT molecular complexity index is 1870. The van der Waals surface area contributed by atoms with Crippen molar-refractivity contribution in [2.45, 2.75) is 39.0 Å². The molecule has 1 saturated heterocycles. The van der Waals surface area contributed by atoms with E-state index in [4.69, 9.17) is 9.47 Å². The molecule has 2 aromatic heterocycles. The summed E-state index contributed by atoms with van der Waals surface area (Å²) in [5.41, 5.74) is 1.66. The van der Waals surface area contributed by atoms with E-state index in [0.29, 0.717) is 35.6 Å². The van der Waals surface area contributed by atoms with Crippen LogP contribution < -0.4 is 4.74 Å². The van der Waals surface area contributed by atoms with Crippen molar-refractivity contribution in [3.8, 4) is 17.3 Å². The molecular weight excluding hydrogens is 568 g/mol. The number of carboxylic acids is 1. The molecule has 0 amide bonds. The van der Waals surface area contributed by atoms with Crippen LogP contribution in [0.3, 0.4) is 0 Å². The first-order chi connectivity index (χ1) is 20.7. The zero-order valence-corrected chi connectivity index (χ0v) is 22.8. The van der Waals surface area contributed by atoms with Crippen LogP contribution in [0.2, 0.25) is 0 Å². The molecule has 220 valence electrons.